The molecule has 0 radical (unpaired) electrons. The molecule has 1 amide bonds. The molecule has 7 nitrogen and oxygen atoms in total. The lowest BCUT2D eigenvalue weighted by atomic mass is 9.90. The van der Waals surface area contributed by atoms with Crippen molar-refractivity contribution in [2.75, 3.05) is 19.8 Å². The maximum Gasteiger partial charge on any atom is 0.433 e. The molecule has 188 valence electrons. The number of furan rings is 1. The second-order valence-electron chi connectivity index (χ2n) is 8.21. The molecule has 1 saturated heterocycles. The monoisotopic (exact) mass is 500 g/mol. The van der Waals surface area contributed by atoms with Crippen molar-refractivity contribution in [1.82, 2.24) is 10.3 Å². The minimum Gasteiger partial charge on any atom is -0.461 e. The highest BCUT2D eigenvalue weighted by atomic mass is 19.4. The molecule has 0 bridgehead atoms. The van der Waals surface area contributed by atoms with E-state index in [1.165, 1.54) is 13.0 Å². The third-order valence-electron chi connectivity index (χ3n) is 5.83. The van der Waals surface area contributed by atoms with E-state index in [9.17, 15) is 31.9 Å². The van der Waals surface area contributed by atoms with Gasteiger partial charge in [-0.1, -0.05) is 0 Å². The number of nitrogens with zero attached hydrogens (tertiary/aromatic N) is 1. The number of nitrogens with one attached hydrogen (secondary N) is 1. The Bertz CT molecular complexity index is 1230. The molecule has 12 heteroatoms. The molecule has 3 heterocycles. The smallest absolute Gasteiger partial charge is 0.433 e. The average molecular weight is 500 g/mol. The maximum absolute atomic E-state index is 14.8. The van der Waals surface area contributed by atoms with Crippen molar-refractivity contribution in [3.8, 4) is 5.75 Å². The first-order valence-corrected chi connectivity index (χ1v) is 10.6. The number of fused-ring (bicyclic) bond motifs is 1. The van der Waals surface area contributed by atoms with E-state index in [0.717, 1.165) is 24.4 Å². The summed E-state index contributed by atoms with van der Waals surface area (Å²) < 4.78 is 84.7. The Hall–Kier alpha value is -3.25. The van der Waals surface area contributed by atoms with Gasteiger partial charge in [-0.05, 0) is 50.1 Å². The number of aliphatic hydroxyl groups excluding tert-OH is 1. The van der Waals surface area contributed by atoms with Crippen LogP contribution in [0.4, 0.5) is 22.0 Å². The quantitative estimate of drug-likeness (QED) is 0.483. The molecule has 1 aromatic carbocycles. The van der Waals surface area contributed by atoms with Gasteiger partial charge in [0.1, 0.15) is 17.1 Å². The van der Waals surface area contributed by atoms with Crippen LogP contribution in [0.1, 0.15) is 40.2 Å². The van der Waals surface area contributed by atoms with E-state index in [2.05, 4.69) is 15.0 Å². The van der Waals surface area contributed by atoms with Gasteiger partial charge in [-0.15, -0.1) is 0 Å². The van der Waals surface area contributed by atoms with Gasteiger partial charge in [0.05, 0.1) is 23.3 Å². The number of pyridine rings is 1. The number of halogens is 5. The molecule has 1 fully saturated rings. The van der Waals surface area contributed by atoms with Crippen LogP contribution in [0.5, 0.6) is 5.75 Å². The molecule has 35 heavy (non-hydrogen) atoms. The number of benzene rings is 1. The van der Waals surface area contributed by atoms with Crippen LogP contribution in [0.25, 0.3) is 11.0 Å². The second kappa shape index (κ2) is 9.08. The fraction of sp³-hybridized carbons (Fsp3) is 0.391. The third kappa shape index (κ3) is 4.94. The van der Waals surface area contributed by atoms with Gasteiger partial charge in [0.15, 0.2) is 5.69 Å². The highest BCUT2D eigenvalue weighted by molar-refractivity contribution is 6.07. The van der Waals surface area contributed by atoms with Gasteiger partial charge in [-0.3, -0.25) is 9.78 Å². The Labute approximate surface area is 195 Å². The highest BCUT2D eigenvalue weighted by Crippen LogP contribution is 2.40. The van der Waals surface area contributed by atoms with Crippen molar-refractivity contribution in [1.29, 1.82) is 0 Å². The predicted molar refractivity (Wildman–Crippen MR) is 112 cm³/mol. The largest absolute Gasteiger partial charge is 0.461 e. The van der Waals surface area contributed by atoms with Crippen LogP contribution in [-0.2, 0) is 17.0 Å². The first kappa shape index (κ1) is 24.9. The summed E-state index contributed by atoms with van der Waals surface area (Å²) in [5.41, 5.74) is -3.91. The van der Waals surface area contributed by atoms with Crippen LogP contribution in [0.15, 0.2) is 40.9 Å². The van der Waals surface area contributed by atoms with Gasteiger partial charge in [0.25, 0.3) is 5.91 Å². The summed E-state index contributed by atoms with van der Waals surface area (Å²) in [4.78, 5) is 16.1. The van der Waals surface area contributed by atoms with Gasteiger partial charge in [-0.2, -0.15) is 22.0 Å². The number of hydrogen-bond donors (Lipinski definition) is 2. The number of aryl methyl sites for hydroxylation is 1. The molecule has 2 aromatic heterocycles. The lowest BCUT2D eigenvalue weighted by Gasteiger charge is -2.36. The predicted octanol–water partition coefficient (Wildman–Crippen LogP) is 4.55. The lowest BCUT2D eigenvalue weighted by molar-refractivity contribution is -0.196. The highest BCUT2D eigenvalue weighted by Gasteiger charge is 2.46. The zero-order valence-corrected chi connectivity index (χ0v) is 18.4. The lowest BCUT2D eigenvalue weighted by Crippen LogP contribution is -2.54. The van der Waals surface area contributed by atoms with Crippen LogP contribution in [0.3, 0.4) is 0 Å². The summed E-state index contributed by atoms with van der Waals surface area (Å²) in [5, 5.41) is 12.8. The van der Waals surface area contributed by atoms with E-state index < -0.39 is 40.7 Å². The van der Waals surface area contributed by atoms with Crippen LogP contribution in [0.2, 0.25) is 0 Å². The van der Waals surface area contributed by atoms with Crippen molar-refractivity contribution >= 4 is 16.9 Å². The summed E-state index contributed by atoms with van der Waals surface area (Å²) in [6.45, 7) is 1.86. The topological polar surface area (TPSA) is 93.8 Å². The van der Waals surface area contributed by atoms with E-state index in [1.54, 1.807) is 0 Å². The number of ether oxygens (including phenoxy) is 2. The SMILES string of the molecule is Cc1oc2ccc(OC(F)(F)c3cccnc3C(F)(F)F)cc2c1C(=O)NC1(CO)CCOCC1. The first-order valence-electron chi connectivity index (χ1n) is 10.6. The zero-order chi connectivity index (χ0) is 25.4. The zero-order valence-electron chi connectivity index (χ0n) is 18.4. The number of rotatable bonds is 6. The van der Waals surface area contributed by atoms with Crippen LogP contribution < -0.4 is 10.1 Å². The number of amides is 1. The number of aromatic nitrogens is 1. The standard InChI is InChI=1S/C23H21F5N2O5/c1-13-18(20(32)30-21(12-31)6-9-33-10-7-21)15-11-14(4-5-17(15)34-13)35-23(27,28)16-3-2-8-29-19(16)22(24,25)26/h2-5,8,11,31H,6-7,9-10,12H2,1H3,(H,30,32). The van der Waals surface area contributed by atoms with Gasteiger partial charge in [0.2, 0.25) is 0 Å². The molecule has 0 spiro atoms. The number of carbonyl (C=O) groups excluding carboxylic acids is 1. The Balaban J connectivity index is 1.67. The Kier molecular flexibility index (Phi) is 6.45. The first-order chi connectivity index (χ1) is 16.5. The molecule has 0 unspecified atom stereocenters. The molecule has 4 rings (SSSR count). The normalized spacial score (nSPS) is 16.3. The van der Waals surface area contributed by atoms with Gasteiger partial charge < -0.3 is 24.3 Å². The number of hydrogen-bond acceptors (Lipinski definition) is 6. The number of aliphatic hydroxyl groups is 1. The Morgan fingerprint density at radius 1 is 1.20 bits per heavy atom. The molecular weight excluding hydrogens is 479 g/mol. The minimum atomic E-state index is -5.12. The van der Waals surface area contributed by atoms with Crippen LogP contribution >= 0.6 is 0 Å². The van der Waals surface area contributed by atoms with E-state index in [1.807, 2.05) is 0 Å². The van der Waals surface area contributed by atoms with E-state index >= 15 is 0 Å². The van der Waals surface area contributed by atoms with Crippen molar-refractivity contribution in [3.63, 3.8) is 0 Å². The van der Waals surface area contributed by atoms with Crippen molar-refractivity contribution in [2.45, 2.75) is 37.6 Å². The molecular formula is C23H21F5N2O5. The van der Waals surface area contributed by atoms with E-state index in [4.69, 9.17) is 9.15 Å². The van der Waals surface area contributed by atoms with E-state index in [-0.39, 0.29) is 28.9 Å². The second-order valence-corrected chi connectivity index (χ2v) is 8.21. The van der Waals surface area contributed by atoms with Gasteiger partial charge in [-0.25, -0.2) is 0 Å². The van der Waals surface area contributed by atoms with Gasteiger partial charge in [0, 0.05) is 24.8 Å². The molecule has 2 N–H and O–H groups in total. The van der Waals surface area contributed by atoms with E-state index in [0.29, 0.717) is 32.1 Å². The van der Waals surface area contributed by atoms with Crippen LogP contribution in [0, 0.1) is 6.92 Å². The molecule has 1 aliphatic rings. The van der Waals surface area contributed by atoms with Crippen molar-refractivity contribution < 1.29 is 45.7 Å². The Morgan fingerprint density at radius 2 is 1.91 bits per heavy atom. The van der Waals surface area contributed by atoms with Crippen molar-refractivity contribution in [3.05, 3.63) is 59.1 Å². The van der Waals surface area contributed by atoms with Crippen LogP contribution in [-0.4, -0.2) is 41.4 Å². The van der Waals surface area contributed by atoms with Gasteiger partial charge >= 0.3 is 12.3 Å². The molecule has 0 saturated carbocycles. The fourth-order valence-corrected chi connectivity index (χ4v) is 4.00. The molecule has 0 atom stereocenters. The fourth-order valence-electron chi connectivity index (χ4n) is 4.00. The average Bonchev–Trinajstić information content (AvgIpc) is 3.14. The third-order valence-corrected chi connectivity index (χ3v) is 5.83. The molecule has 3 aromatic rings. The van der Waals surface area contributed by atoms with Crippen molar-refractivity contribution in [2.24, 2.45) is 0 Å². The summed E-state index contributed by atoms with van der Waals surface area (Å²) in [7, 11) is 0. The summed E-state index contributed by atoms with van der Waals surface area (Å²) in [6, 6.07) is 4.98. The minimum absolute atomic E-state index is 0.0328. The molecule has 1 aliphatic heterocycles. The molecule has 0 aliphatic carbocycles. The number of carbonyl (C=O) groups is 1. The summed E-state index contributed by atoms with van der Waals surface area (Å²) in [6.07, 6.45) is -8.00. The number of alkyl halides is 5. The summed E-state index contributed by atoms with van der Waals surface area (Å²) in [5.74, 6) is -0.904. The maximum atomic E-state index is 14.8. The summed E-state index contributed by atoms with van der Waals surface area (Å²) >= 11 is 0. The Morgan fingerprint density at radius 3 is 2.57 bits per heavy atom.